The zero-order valence-electron chi connectivity index (χ0n) is 16.2. The molecule has 24 heavy (non-hydrogen) atoms. The molecule has 1 unspecified atom stereocenters. The van der Waals surface area contributed by atoms with Crippen LogP contribution in [0.15, 0.2) is 6.07 Å². The Morgan fingerprint density at radius 2 is 1.88 bits per heavy atom. The summed E-state index contributed by atoms with van der Waals surface area (Å²) in [6.07, 6.45) is -2.29. The second-order valence-electron chi connectivity index (χ2n) is 9.19. The van der Waals surface area contributed by atoms with Crippen LogP contribution in [0.5, 0.6) is 0 Å². The summed E-state index contributed by atoms with van der Waals surface area (Å²) in [6.45, 7) is 16.8. The number of alkyl halides is 1. The molecule has 1 aliphatic heterocycles. The number of anilines is 1. The van der Waals surface area contributed by atoms with E-state index in [2.05, 4.69) is 39.0 Å². The minimum Gasteiger partial charge on any atom is -0.408 e. The van der Waals surface area contributed by atoms with E-state index in [1.807, 2.05) is 20.8 Å². The number of halogens is 1. The van der Waals surface area contributed by atoms with E-state index < -0.39 is 26.7 Å². The van der Waals surface area contributed by atoms with E-state index in [9.17, 15) is 4.39 Å². The van der Waals surface area contributed by atoms with Crippen LogP contribution in [0.25, 0.3) is 0 Å². The normalized spacial score (nSPS) is 26.1. The third-order valence-corrected chi connectivity index (χ3v) is 9.48. The van der Waals surface area contributed by atoms with Crippen molar-refractivity contribution in [3.8, 4) is 0 Å². The molecule has 0 radical (unpaired) electrons. The molecule has 1 saturated heterocycles. The topological polar surface area (TPSA) is 62.3 Å². The van der Waals surface area contributed by atoms with Gasteiger partial charge in [-0.1, -0.05) is 20.8 Å². The van der Waals surface area contributed by atoms with Gasteiger partial charge in [-0.3, -0.25) is 0 Å². The molecule has 0 bridgehead atoms. The molecule has 0 saturated carbocycles. The summed E-state index contributed by atoms with van der Waals surface area (Å²) in [5.74, 6) is 0.550. The molecule has 1 aromatic rings. The van der Waals surface area contributed by atoms with Crippen molar-refractivity contribution in [2.45, 2.75) is 83.6 Å². The summed E-state index contributed by atoms with van der Waals surface area (Å²) in [7, 11) is -2.12. The lowest BCUT2D eigenvalue weighted by molar-refractivity contribution is 0.0387. The number of nitrogens with zero attached hydrogens (tertiary/aromatic N) is 2. The van der Waals surface area contributed by atoms with Gasteiger partial charge in [0.05, 0.1) is 17.8 Å². The first kappa shape index (κ1) is 19.4. The van der Waals surface area contributed by atoms with Crippen molar-refractivity contribution in [2.75, 3.05) is 12.3 Å². The molecular formula is C17H32FN3O2Si. The molecule has 0 aromatic carbocycles. The number of hydrogen-bond acceptors (Lipinski definition) is 4. The smallest absolute Gasteiger partial charge is 0.192 e. The van der Waals surface area contributed by atoms with Crippen molar-refractivity contribution in [2.24, 2.45) is 0 Å². The van der Waals surface area contributed by atoms with E-state index in [1.54, 1.807) is 10.7 Å². The van der Waals surface area contributed by atoms with E-state index in [4.69, 9.17) is 14.9 Å². The van der Waals surface area contributed by atoms with Gasteiger partial charge in [-0.25, -0.2) is 9.07 Å². The quantitative estimate of drug-likeness (QED) is 0.830. The summed E-state index contributed by atoms with van der Waals surface area (Å²) in [6, 6.07) is 1.77. The fourth-order valence-electron chi connectivity index (χ4n) is 2.57. The molecule has 2 N–H and O–H groups in total. The van der Waals surface area contributed by atoms with Gasteiger partial charge < -0.3 is 14.9 Å². The molecule has 2 heterocycles. The highest BCUT2D eigenvalue weighted by molar-refractivity contribution is 6.74. The Kier molecular flexibility index (Phi) is 4.94. The van der Waals surface area contributed by atoms with Crippen LogP contribution < -0.4 is 5.73 Å². The van der Waals surface area contributed by atoms with E-state index in [0.717, 1.165) is 0 Å². The van der Waals surface area contributed by atoms with Crippen LogP contribution in [0.4, 0.5) is 10.2 Å². The van der Waals surface area contributed by atoms with Crippen LogP contribution in [0.3, 0.4) is 0 Å². The maximum absolute atomic E-state index is 14.5. The van der Waals surface area contributed by atoms with Gasteiger partial charge >= 0.3 is 0 Å². The highest BCUT2D eigenvalue weighted by Crippen LogP contribution is 2.42. The second kappa shape index (κ2) is 6.11. The molecule has 0 aliphatic carbocycles. The Morgan fingerprint density at radius 3 is 2.33 bits per heavy atom. The summed E-state index contributed by atoms with van der Waals surface area (Å²) < 4.78 is 28.3. The number of rotatable bonds is 3. The lowest BCUT2D eigenvalue weighted by Crippen LogP contribution is -2.46. The van der Waals surface area contributed by atoms with Crippen molar-refractivity contribution >= 4 is 14.1 Å². The SMILES string of the molecule is CC(C)(C)n1nc([C@@H]2OC[C@H](F)C2O[Si](C)(C)C(C)(C)C)cc1N. The molecule has 138 valence electrons. The first-order valence-electron chi connectivity index (χ1n) is 8.53. The number of nitrogens with two attached hydrogens (primary N) is 1. The number of hydrogen-bond donors (Lipinski definition) is 1. The molecule has 1 aliphatic rings. The fraction of sp³-hybridized carbons (Fsp3) is 0.824. The van der Waals surface area contributed by atoms with Crippen LogP contribution in [0.1, 0.15) is 53.3 Å². The highest BCUT2D eigenvalue weighted by atomic mass is 28.4. The van der Waals surface area contributed by atoms with Gasteiger partial charge in [0.15, 0.2) is 14.5 Å². The molecule has 3 atom stereocenters. The van der Waals surface area contributed by atoms with Gasteiger partial charge in [0.1, 0.15) is 18.0 Å². The zero-order valence-corrected chi connectivity index (χ0v) is 17.2. The number of aromatic nitrogens is 2. The molecule has 7 heteroatoms. The highest BCUT2D eigenvalue weighted by Gasteiger charge is 2.47. The Hall–Kier alpha value is -0.923. The van der Waals surface area contributed by atoms with E-state index in [1.165, 1.54) is 0 Å². The van der Waals surface area contributed by atoms with Crippen LogP contribution in [-0.4, -0.2) is 37.0 Å². The molecular weight excluding hydrogens is 325 g/mol. The predicted molar refractivity (Wildman–Crippen MR) is 97.3 cm³/mol. The molecule has 2 rings (SSSR count). The van der Waals surface area contributed by atoms with Crippen molar-refractivity contribution < 1.29 is 13.6 Å². The molecule has 5 nitrogen and oxygen atoms in total. The summed E-state index contributed by atoms with van der Waals surface area (Å²) in [5, 5.41) is 4.58. The second-order valence-corrected chi connectivity index (χ2v) is 13.9. The molecule has 0 amide bonds. The minimum absolute atomic E-state index is 0.00363. The van der Waals surface area contributed by atoms with E-state index in [0.29, 0.717) is 11.5 Å². The molecule has 0 spiro atoms. The molecule has 1 fully saturated rings. The third kappa shape index (κ3) is 3.68. The first-order chi connectivity index (χ1) is 10.7. The van der Waals surface area contributed by atoms with Gasteiger partial charge in [0.2, 0.25) is 0 Å². The van der Waals surface area contributed by atoms with Gasteiger partial charge in [-0.15, -0.1) is 0 Å². The monoisotopic (exact) mass is 357 g/mol. The summed E-state index contributed by atoms with van der Waals surface area (Å²) in [4.78, 5) is 0. The zero-order chi connectivity index (χ0) is 18.5. The van der Waals surface area contributed by atoms with Gasteiger partial charge in [0.25, 0.3) is 0 Å². The van der Waals surface area contributed by atoms with Crippen molar-refractivity contribution in [3.63, 3.8) is 0 Å². The van der Waals surface area contributed by atoms with Crippen molar-refractivity contribution in [1.82, 2.24) is 9.78 Å². The fourth-order valence-corrected chi connectivity index (χ4v) is 3.88. The minimum atomic E-state index is -2.12. The standard InChI is InChI=1S/C17H32FN3O2Si/c1-16(2,3)21-13(19)9-12(20-21)15-14(11(18)10-22-15)23-24(7,8)17(4,5)6/h9,11,14-15H,10,19H2,1-8H3/t11-,14?,15-/m0/s1. The Morgan fingerprint density at radius 1 is 1.29 bits per heavy atom. The van der Waals surface area contributed by atoms with E-state index >= 15 is 0 Å². The van der Waals surface area contributed by atoms with Crippen LogP contribution in [0, 0.1) is 0 Å². The molecule has 1 aromatic heterocycles. The first-order valence-corrected chi connectivity index (χ1v) is 11.4. The third-order valence-electron chi connectivity index (χ3n) is 5.01. The Labute approximate surface area is 145 Å². The summed E-state index contributed by atoms with van der Waals surface area (Å²) in [5.41, 5.74) is 6.49. The average Bonchev–Trinajstić information content (AvgIpc) is 2.92. The van der Waals surface area contributed by atoms with Gasteiger partial charge in [0, 0.05) is 6.07 Å². The van der Waals surface area contributed by atoms with Crippen LogP contribution in [-0.2, 0) is 14.7 Å². The lowest BCUT2D eigenvalue weighted by Gasteiger charge is -2.39. The Balaban J connectivity index is 2.30. The van der Waals surface area contributed by atoms with Crippen LogP contribution >= 0.6 is 0 Å². The van der Waals surface area contributed by atoms with Gasteiger partial charge in [-0.05, 0) is 38.9 Å². The van der Waals surface area contributed by atoms with Crippen molar-refractivity contribution in [1.29, 1.82) is 0 Å². The maximum atomic E-state index is 14.5. The van der Waals surface area contributed by atoms with Crippen molar-refractivity contribution in [3.05, 3.63) is 11.8 Å². The van der Waals surface area contributed by atoms with E-state index in [-0.39, 0.29) is 17.2 Å². The summed E-state index contributed by atoms with van der Waals surface area (Å²) >= 11 is 0. The maximum Gasteiger partial charge on any atom is 0.192 e. The largest absolute Gasteiger partial charge is 0.408 e. The van der Waals surface area contributed by atoms with Gasteiger partial charge in [-0.2, -0.15) is 5.10 Å². The predicted octanol–water partition coefficient (Wildman–Crippen LogP) is 4.02. The average molecular weight is 358 g/mol. The lowest BCUT2D eigenvalue weighted by atomic mass is 10.1. The number of nitrogen functional groups attached to an aromatic ring is 1. The van der Waals surface area contributed by atoms with Crippen LogP contribution in [0.2, 0.25) is 18.1 Å². The number of ether oxygens (including phenoxy) is 1. The Bertz CT molecular complexity index is 590.